The molecule has 0 spiro atoms. The standard InChI is InChI=1S/C21H33N3O2/c1-14(2)16-6-8-17(9-7-16)21(15(3)4)23-20(26)13-24(5)12-19(25)22-18-10-11-18/h6-9,14-15,18,21H,10-13H2,1-5H3,(H,22,25)(H,23,26)/t21-/m1/s1. The molecule has 5 heteroatoms. The van der Waals surface area contributed by atoms with Crippen molar-refractivity contribution in [1.82, 2.24) is 15.5 Å². The average molecular weight is 360 g/mol. The number of hydrogen-bond acceptors (Lipinski definition) is 3. The van der Waals surface area contributed by atoms with E-state index < -0.39 is 0 Å². The van der Waals surface area contributed by atoms with Crippen molar-refractivity contribution in [3.05, 3.63) is 35.4 Å². The molecule has 2 amide bonds. The summed E-state index contributed by atoms with van der Waals surface area (Å²) in [5, 5.41) is 6.07. The Labute approximate surface area is 157 Å². The monoisotopic (exact) mass is 359 g/mol. The number of nitrogens with one attached hydrogen (secondary N) is 2. The lowest BCUT2D eigenvalue weighted by Crippen LogP contribution is -2.42. The molecule has 1 aromatic rings. The van der Waals surface area contributed by atoms with Gasteiger partial charge in [0.05, 0.1) is 19.1 Å². The molecule has 0 saturated heterocycles. The van der Waals surface area contributed by atoms with Crippen LogP contribution < -0.4 is 10.6 Å². The Morgan fingerprint density at radius 1 is 1.00 bits per heavy atom. The van der Waals surface area contributed by atoms with Crippen molar-refractivity contribution >= 4 is 11.8 Å². The zero-order chi connectivity index (χ0) is 19.3. The van der Waals surface area contributed by atoms with Crippen LogP contribution in [-0.2, 0) is 9.59 Å². The predicted molar refractivity (Wildman–Crippen MR) is 105 cm³/mol. The zero-order valence-electron chi connectivity index (χ0n) is 16.7. The molecule has 1 atom stereocenters. The highest BCUT2D eigenvalue weighted by molar-refractivity contribution is 5.81. The molecule has 0 heterocycles. The summed E-state index contributed by atoms with van der Waals surface area (Å²) in [4.78, 5) is 26.0. The number of benzene rings is 1. The Morgan fingerprint density at radius 2 is 1.54 bits per heavy atom. The van der Waals surface area contributed by atoms with E-state index in [-0.39, 0.29) is 36.9 Å². The number of rotatable bonds is 9. The van der Waals surface area contributed by atoms with Gasteiger partial charge >= 0.3 is 0 Å². The van der Waals surface area contributed by atoms with Crippen molar-refractivity contribution in [2.75, 3.05) is 20.1 Å². The fourth-order valence-electron chi connectivity index (χ4n) is 2.99. The zero-order valence-corrected chi connectivity index (χ0v) is 16.7. The van der Waals surface area contributed by atoms with Gasteiger partial charge in [-0.05, 0) is 42.9 Å². The third-order valence-corrected chi connectivity index (χ3v) is 4.71. The van der Waals surface area contributed by atoms with Gasteiger partial charge in [-0.2, -0.15) is 0 Å². The molecule has 0 radical (unpaired) electrons. The molecular formula is C21H33N3O2. The molecule has 144 valence electrons. The van der Waals surface area contributed by atoms with E-state index in [2.05, 4.69) is 62.6 Å². The Hall–Kier alpha value is -1.88. The van der Waals surface area contributed by atoms with E-state index in [4.69, 9.17) is 0 Å². The first-order valence-corrected chi connectivity index (χ1v) is 9.63. The van der Waals surface area contributed by atoms with E-state index in [1.165, 1.54) is 5.56 Å². The minimum Gasteiger partial charge on any atom is -0.352 e. The third kappa shape index (κ3) is 6.45. The van der Waals surface area contributed by atoms with Crippen molar-refractivity contribution < 1.29 is 9.59 Å². The normalized spacial score (nSPS) is 15.4. The number of likely N-dealkylation sites (N-methyl/N-ethyl adjacent to an activating group) is 1. The SMILES string of the molecule is CC(C)c1ccc([C@H](NC(=O)CN(C)CC(=O)NC2CC2)C(C)C)cc1. The van der Waals surface area contributed by atoms with Crippen LogP contribution in [0.3, 0.4) is 0 Å². The van der Waals surface area contributed by atoms with E-state index in [1.807, 2.05) is 0 Å². The van der Waals surface area contributed by atoms with Gasteiger partial charge in [-0.3, -0.25) is 14.5 Å². The van der Waals surface area contributed by atoms with Gasteiger partial charge in [0.2, 0.25) is 11.8 Å². The summed E-state index contributed by atoms with van der Waals surface area (Å²) in [6, 6.07) is 8.80. The molecular weight excluding hydrogens is 326 g/mol. The fraction of sp³-hybridized carbons (Fsp3) is 0.619. The summed E-state index contributed by atoms with van der Waals surface area (Å²) in [6.45, 7) is 9.02. The van der Waals surface area contributed by atoms with Crippen molar-refractivity contribution in [3.8, 4) is 0 Å². The molecule has 1 fully saturated rings. The van der Waals surface area contributed by atoms with E-state index in [9.17, 15) is 9.59 Å². The minimum absolute atomic E-state index is 0.00696. The second-order valence-corrected chi connectivity index (χ2v) is 8.12. The lowest BCUT2D eigenvalue weighted by Gasteiger charge is -2.25. The summed E-state index contributed by atoms with van der Waals surface area (Å²) in [7, 11) is 1.80. The molecule has 1 aliphatic carbocycles. The van der Waals surface area contributed by atoms with E-state index in [0.29, 0.717) is 12.0 Å². The Morgan fingerprint density at radius 3 is 2.04 bits per heavy atom. The highest BCUT2D eigenvalue weighted by Gasteiger charge is 2.24. The van der Waals surface area contributed by atoms with Crippen molar-refractivity contribution in [2.45, 2.75) is 58.5 Å². The minimum atomic E-state index is -0.0571. The second kappa shape index (κ2) is 9.17. The van der Waals surface area contributed by atoms with Crippen LogP contribution in [0, 0.1) is 5.92 Å². The number of carbonyl (C=O) groups is 2. The first-order valence-electron chi connectivity index (χ1n) is 9.63. The number of nitrogens with zero attached hydrogens (tertiary/aromatic N) is 1. The van der Waals surface area contributed by atoms with Gasteiger partial charge in [-0.25, -0.2) is 0 Å². The van der Waals surface area contributed by atoms with E-state index >= 15 is 0 Å². The van der Waals surface area contributed by atoms with Gasteiger partial charge in [0.15, 0.2) is 0 Å². The molecule has 5 nitrogen and oxygen atoms in total. The molecule has 0 unspecified atom stereocenters. The summed E-state index contributed by atoms with van der Waals surface area (Å²) >= 11 is 0. The maximum atomic E-state index is 12.4. The molecule has 2 N–H and O–H groups in total. The van der Waals surface area contributed by atoms with Crippen LogP contribution in [0.15, 0.2) is 24.3 Å². The summed E-state index contributed by atoms with van der Waals surface area (Å²) in [5.41, 5.74) is 2.41. The topological polar surface area (TPSA) is 61.4 Å². The van der Waals surface area contributed by atoms with Crippen LogP contribution in [0.5, 0.6) is 0 Å². The highest BCUT2D eigenvalue weighted by Crippen LogP contribution is 2.24. The van der Waals surface area contributed by atoms with Gasteiger partial charge in [-0.1, -0.05) is 52.0 Å². The molecule has 1 saturated carbocycles. The van der Waals surface area contributed by atoms with Crippen molar-refractivity contribution in [1.29, 1.82) is 0 Å². The average Bonchev–Trinajstić information content (AvgIpc) is 3.35. The van der Waals surface area contributed by atoms with Crippen LogP contribution in [-0.4, -0.2) is 42.9 Å². The molecule has 1 aromatic carbocycles. The van der Waals surface area contributed by atoms with E-state index in [0.717, 1.165) is 18.4 Å². The van der Waals surface area contributed by atoms with Crippen molar-refractivity contribution in [2.24, 2.45) is 5.92 Å². The Kier molecular flexibility index (Phi) is 7.21. The number of carbonyl (C=O) groups excluding carboxylic acids is 2. The first kappa shape index (κ1) is 20.4. The summed E-state index contributed by atoms with van der Waals surface area (Å²) in [5.74, 6) is 0.713. The van der Waals surface area contributed by atoms with Gasteiger partial charge in [-0.15, -0.1) is 0 Å². The highest BCUT2D eigenvalue weighted by atomic mass is 16.2. The quantitative estimate of drug-likeness (QED) is 0.713. The van der Waals surface area contributed by atoms with E-state index in [1.54, 1.807) is 11.9 Å². The molecule has 0 aromatic heterocycles. The van der Waals surface area contributed by atoms with Crippen LogP contribution in [0.4, 0.5) is 0 Å². The Balaban J connectivity index is 1.89. The maximum Gasteiger partial charge on any atom is 0.234 e. The third-order valence-electron chi connectivity index (χ3n) is 4.71. The summed E-state index contributed by atoms with van der Waals surface area (Å²) in [6.07, 6.45) is 2.14. The molecule has 26 heavy (non-hydrogen) atoms. The first-order chi connectivity index (χ1) is 12.3. The van der Waals surface area contributed by atoms with Crippen LogP contribution in [0.1, 0.15) is 63.6 Å². The van der Waals surface area contributed by atoms with Crippen LogP contribution in [0.25, 0.3) is 0 Å². The number of amides is 2. The van der Waals surface area contributed by atoms with Gasteiger partial charge in [0.25, 0.3) is 0 Å². The molecule has 0 bridgehead atoms. The smallest absolute Gasteiger partial charge is 0.234 e. The lowest BCUT2D eigenvalue weighted by atomic mass is 9.93. The number of hydrogen-bond donors (Lipinski definition) is 2. The largest absolute Gasteiger partial charge is 0.352 e. The van der Waals surface area contributed by atoms with Crippen molar-refractivity contribution in [3.63, 3.8) is 0 Å². The molecule has 0 aliphatic heterocycles. The Bertz CT molecular complexity index is 606. The lowest BCUT2D eigenvalue weighted by molar-refractivity contribution is -0.125. The van der Waals surface area contributed by atoms with Gasteiger partial charge in [0.1, 0.15) is 0 Å². The molecule has 2 rings (SSSR count). The van der Waals surface area contributed by atoms with Crippen LogP contribution >= 0.6 is 0 Å². The van der Waals surface area contributed by atoms with Gasteiger partial charge in [0, 0.05) is 6.04 Å². The summed E-state index contributed by atoms with van der Waals surface area (Å²) < 4.78 is 0. The maximum absolute atomic E-state index is 12.4. The molecule has 1 aliphatic rings. The predicted octanol–water partition coefficient (Wildman–Crippen LogP) is 2.83. The van der Waals surface area contributed by atoms with Crippen LogP contribution in [0.2, 0.25) is 0 Å². The van der Waals surface area contributed by atoms with Gasteiger partial charge < -0.3 is 10.6 Å². The fourth-order valence-corrected chi connectivity index (χ4v) is 2.99. The second-order valence-electron chi connectivity index (χ2n) is 8.12.